The van der Waals surface area contributed by atoms with Crippen LogP contribution in [0.25, 0.3) is 21.5 Å². The predicted molar refractivity (Wildman–Crippen MR) is 122 cm³/mol. The molecule has 1 aliphatic carbocycles. The van der Waals surface area contributed by atoms with Gasteiger partial charge in [-0.25, -0.2) is 4.98 Å². The van der Waals surface area contributed by atoms with E-state index in [1.807, 2.05) is 24.3 Å². The van der Waals surface area contributed by atoms with Crippen LogP contribution in [-0.2, 0) is 0 Å². The summed E-state index contributed by atoms with van der Waals surface area (Å²) in [5.41, 5.74) is 2.11. The fourth-order valence-corrected chi connectivity index (χ4v) is 4.80. The largest absolute Gasteiger partial charge is 0.457 e. The Balaban J connectivity index is 1.35. The lowest BCUT2D eigenvalue weighted by Gasteiger charge is -2.27. The molecular weight excluding hydrogens is 412 g/mol. The van der Waals surface area contributed by atoms with E-state index in [0.717, 1.165) is 46.6 Å². The van der Waals surface area contributed by atoms with Crippen molar-refractivity contribution in [3.8, 4) is 22.8 Å². The number of nitrogens with one attached hydrogen (secondary N) is 2. The topological polar surface area (TPSA) is 100 Å². The van der Waals surface area contributed by atoms with Gasteiger partial charge >= 0.3 is 0 Å². The Bertz CT molecular complexity index is 1270. The lowest BCUT2D eigenvalue weighted by atomic mass is 9.93. The maximum absolute atomic E-state index is 11.6. The molecule has 1 saturated carbocycles. The molecule has 8 heteroatoms. The van der Waals surface area contributed by atoms with Crippen molar-refractivity contribution in [2.75, 3.05) is 5.32 Å². The number of pyridine rings is 2. The molecule has 1 fully saturated rings. The smallest absolute Gasteiger partial charge is 0.248 e. The number of benzene rings is 1. The first-order valence-electron chi connectivity index (χ1n) is 10.3. The van der Waals surface area contributed by atoms with Gasteiger partial charge in [-0.3, -0.25) is 9.78 Å². The molecule has 3 aromatic heterocycles. The van der Waals surface area contributed by atoms with Crippen molar-refractivity contribution < 1.29 is 9.84 Å². The molecular formula is C23H22N4O3S. The fraction of sp³-hybridized carbons (Fsp3) is 0.261. The zero-order valence-corrected chi connectivity index (χ0v) is 17.6. The number of aromatic amines is 1. The van der Waals surface area contributed by atoms with E-state index in [-0.39, 0.29) is 17.7 Å². The minimum absolute atomic E-state index is 0.0606. The molecule has 0 spiro atoms. The second-order valence-corrected chi connectivity index (χ2v) is 8.70. The van der Waals surface area contributed by atoms with Crippen molar-refractivity contribution in [3.05, 3.63) is 65.2 Å². The first-order chi connectivity index (χ1) is 15.1. The van der Waals surface area contributed by atoms with Gasteiger partial charge in [-0.05, 0) is 37.1 Å². The van der Waals surface area contributed by atoms with Gasteiger partial charge in [0, 0.05) is 36.2 Å². The van der Waals surface area contributed by atoms with Gasteiger partial charge in [-0.15, -0.1) is 0 Å². The van der Waals surface area contributed by atoms with Crippen LogP contribution < -0.4 is 15.6 Å². The number of fused-ring (bicyclic) bond motifs is 1. The van der Waals surface area contributed by atoms with Crippen molar-refractivity contribution in [1.82, 2.24) is 15.0 Å². The molecule has 158 valence electrons. The standard InChI is InChI=1S/C23H22N4O3S/c28-20-4-2-1-3-17(20)26-23-27-18-6-5-15(13-21(18)31-23)30-16-8-10-24-19(12-16)14-7-9-25-22(29)11-14/h5-13,17,20,28H,1-4H2,(H,25,29)(H,26,27)/t17-,20-/m1/s1. The number of anilines is 1. The number of aromatic nitrogens is 3. The molecule has 2 atom stereocenters. The van der Waals surface area contributed by atoms with Gasteiger partial charge in [-0.1, -0.05) is 24.2 Å². The summed E-state index contributed by atoms with van der Waals surface area (Å²) in [4.78, 5) is 23.2. The van der Waals surface area contributed by atoms with E-state index in [0.29, 0.717) is 17.2 Å². The van der Waals surface area contributed by atoms with Crippen molar-refractivity contribution in [3.63, 3.8) is 0 Å². The maximum Gasteiger partial charge on any atom is 0.248 e. The third-order valence-corrected chi connectivity index (χ3v) is 6.39. The molecule has 1 aromatic carbocycles. The van der Waals surface area contributed by atoms with Crippen LogP contribution in [0.15, 0.2) is 59.7 Å². The molecule has 31 heavy (non-hydrogen) atoms. The van der Waals surface area contributed by atoms with Crippen molar-refractivity contribution in [1.29, 1.82) is 0 Å². The number of aliphatic hydroxyl groups excluding tert-OH is 1. The first-order valence-corrected chi connectivity index (χ1v) is 11.1. The summed E-state index contributed by atoms with van der Waals surface area (Å²) in [7, 11) is 0. The second kappa shape index (κ2) is 8.49. The highest BCUT2D eigenvalue weighted by Crippen LogP contribution is 2.33. The zero-order valence-electron chi connectivity index (χ0n) is 16.7. The van der Waals surface area contributed by atoms with Gasteiger partial charge < -0.3 is 20.1 Å². The van der Waals surface area contributed by atoms with Gasteiger partial charge in [0.1, 0.15) is 11.5 Å². The summed E-state index contributed by atoms with van der Waals surface area (Å²) >= 11 is 1.56. The van der Waals surface area contributed by atoms with E-state index in [2.05, 4.69) is 20.3 Å². The van der Waals surface area contributed by atoms with E-state index in [1.54, 1.807) is 35.9 Å². The van der Waals surface area contributed by atoms with Crippen molar-refractivity contribution >= 4 is 26.7 Å². The SMILES string of the molecule is O=c1cc(-c2cc(Oc3ccc4nc(N[C@@H]5CCCC[C@H]5O)sc4c3)ccn2)cc[nH]1. The van der Waals surface area contributed by atoms with Crippen LogP contribution in [0.4, 0.5) is 5.13 Å². The average molecular weight is 435 g/mol. The number of aliphatic hydroxyl groups is 1. The number of thiazole rings is 1. The molecule has 5 rings (SSSR count). The predicted octanol–water partition coefficient (Wildman–Crippen LogP) is 4.55. The minimum Gasteiger partial charge on any atom is -0.457 e. The number of rotatable bonds is 5. The number of ether oxygens (including phenoxy) is 1. The van der Waals surface area contributed by atoms with Crippen LogP contribution in [0.1, 0.15) is 25.7 Å². The molecule has 4 aromatic rings. The van der Waals surface area contributed by atoms with Crippen LogP contribution in [-0.4, -0.2) is 32.2 Å². The van der Waals surface area contributed by atoms with E-state index < -0.39 is 0 Å². The molecule has 0 aliphatic heterocycles. The van der Waals surface area contributed by atoms with Crippen molar-refractivity contribution in [2.24, 2.45) is 0 Å². The summed E-state index contributed by atoms with van der Waals surface area (Å²) in [5.74, 6) is 1.33. The van der Waals surface area contributed by atoms with Crippen LogP contribution >= 0.6 is 11.3 Å². The van der Waals surface area contributed by atoms with Gasteiger partial charge in [0.2, 0.25) is 5.56 Å². The average Bonchev–Trinajstić information content (AvgIpc) is 3.17. The Labute approximate surface area is 182 Å². The summed E-state index contributed by atoms with van der Waals surface area (Å²) in [6.07, 6.45) is 6.95. The highest BCUT2D eigenvalue weighted by atomic mass is 32.1. The zero-order chi connectivity index (χ0) is 21.2. The number of H-pyrrole nitrogens is 1. The first kappa shape index (κ1) is 19.7. The van der Waals surface area contributed by atoms with Crippen LogP contribution in [0.5, 0.6) is 11.5 Å². The van der Waals surface area contributed by atoms with Crippen molar-refractivity contribution in [2.45, 2.75) is 37.8 Å². The minimum atomic E-state index is -0.319. The lowest BCUT2D eigenvalue weighted by Crippen LogP contribution is -2.36. The van der Waals surface area contributed by atoms with E-state index in [9.17, 15) is 9.90 Å². The summed E-state index contributed by atoms with van der Waals surface area (Å²) in [6, 6.07) is 12.7. The molecule has 0 bridgehead atoms. The van der Waals surface area contributed by atoms with Gasteiger partial charge in [-0.2, -0.15) is 0 Å². The quantitative estimate of drug-likeness (QED) is 0.426. The second-order valence-electron chi connectivity index (χ2n) is 7.67. The van der Waals surface area contributed by atoms with Gasteiger partial charge in [0.15, 0.2) is 5.13 Å². The van der Waals surface area contributed by atoms with E-state index in [1.165, 1.54) is 6.07 Å². The number of hydrogen-bond acceptors (Lipinski definition) is 7. The molecule has 3 N–H and O–H groups in total. The highest BCUT2D eigenvalue weighted by molar-refractivity contribution is 7.22. The van der Waals surface area contributed by atoms with Crippen LogP contribution in [0, 0.1) is 0 Å². The molecule has 0 amide bonds. The fourth-order valence-electron chi connectivity index (χ4n) is 3.84. The Morgan fingerprint density at radius 1 is 1.10 bits per heavy atom. The van der Waals surface area contributed by atoms with Gasteiger partial charge in [0.25, 0.3) is 0 Å². The molecule has 0 unspecified atom stereocenters. The van der Waals surface area contributed by atoms with E-state index >= 15 is 0 Å². The Morgan fingerprint density at radius 2 is 1.97 bits per heavy atom. The van der Waals surface area contributed by atoms with Crippen LogP contribution in [0.2, 0.25) is 0 Å². The van der Waals surface area contributed by atoms with E-state index in [4.69, 9.17) is 4.74 Å². The molecule has 0 radical (unpaired) electrons. The number of nitrogens with zero attached hydrogens (tertiary/aromatic N) is 2. The molecule has 1 aliphatic rings. The Hall–Kier alpha value is -3.23. The summed E-state index contributed by atoms with van der Waals surface area (Å²) in [5, 5.41) is 14.4. The lowest BCUT2D eigenvalue weighted by molar-refractivity contribution is 0.116. The summed E-state index contributed by atoms with van der Waals surface area (Å²) < 4.78 is 7.06. The number of hydrogen-bond donors (Lipinski definition) is 3. The normalized spacial score (nSPS) is 18.7. The highest BCUT2D eigenvalue weighted by Gasteiger charge is 2.23. The molecule has 0 saturated heterocycles. The monoisotopic (exact) mass is 434 g/mol. The third kappa shape index (κ3) is 4.45. The van der Waals surface area contributed by atoms with Gasteiger partial charge in [0.05, 0.1) is 28.1 Å². The maximum atomic E-state index is 11.6. The third-order valence-electron chi connectivity index (χ3n) is 5.44. The Kier molecular flexibility index (Phi) is 5.40. The van der Waals surface area contributed by atoms with Crippen LogP contribution in [0.3, 0.4) is 0 Å². The Morgan fingerprint density at radius 3 is 2.84 bits per heavy atom. The molecule has 7 nitrogen and oxygen atoms in total. The molecule has 3 heterocycles. The summed E-state index contributed by atoms with van der Waals surface area (Å²) in [6.45, 7) is 0.